The zero-order valence-electron chi connectivity index (χ0n) is 18.5. The van der Waals surface area contributed by atoms with Crippen molar-refractivity contribution in [3.8, 4) is 0 Å². The molecule has 0 spiro atoms. The van der Waals surface area contributed by atoms with Crippen molar-refractivity contribution in [3.63, 3.8) is 0 Å². The third-order valence-corrected chi connectivity index (χ3v) is 4.58. The van der Waals surface area contributed by atoms with Crippen LogP contribution in [0, 0.1) is 6.92 Å². The Balaban J connectivity index is 0.000000383. The number of rotatable bonds is 3. The average molecular weight is 525 g/mol. The van der Waals surface area contributed by atoms with Gasteiger partial charge < -0.3 is 20.2 Å². The number of carboxylic acids is 2. The van der Waals surface area contributed by atoms with Gasteiger partial charge in [-0.25, -0.2) is 9.59 Å². The summed E-state index contributed by atoms with van der Waals surface area (Å²) in [7, 11) is 0. The number of nitrogens with zero attached hydrogens (tertiary/aromatic N) is 3. The number of pyridine rings is 2. The minimum atomic E-state index is -5.08. The van der Waals surface area contributed by atoms with Crippen LogP contribution in [-0.4, -0.2) is 79.1 Å². The predicted molar refractivity (Wildman–Crippen MR) is 110 cm³/mol. The molecular formula is C21H21F6N3O6. The monoisotopic (exact) mass is 525 g/mol. The number of carbonyl (C=O) groups is 3. The molecule has 0 saturated carbocycles. The number of carbonyl (C=O) groups excluding carboxylic acids is 1. The minimum Gasteiger partial charge on any atom is -0.475 e. The highest BCUT2D eigenvalue weighted by Crippen LogP contribution is 2.24. The molecule has 1 amide bonds. The molecule has 0 aromatic carbocycles. The summed E-state index contributed by atoms with van der Waals surface area (Å²) in [6.45, 7) is 2.46. The van der Waals surface area contributed by atoms with E-state index in [4.69, 9.17) is 19.8 Å². The number of carboxylic acid groups (broad SMARTS) is 2. The number of amides is 1. The first-order chi connectivity index (χ1) is 16.5. The van der Waals surface area contributed by atoms with E-state index in [1.54, 1.807) is 29.6 Å². The lowest BCUT2D eigenvalue weighted by Crippen LogP contribution is -2.41. The molecule has 36 heavy (non-hydrogen) atoms. The molecule has 3 rings (SSSR count). The predicted octanol–water partition coefficient (Wildman–Crippen LogP) is 2.87. The summed E-state index contributed by atoms with van der Waals surface area (Å²) >= 11 is 0. The van der Waals surface area contributed by atoms with Crippen LogP contribution in [-0.2, 0) is 16.0 Å². The summed E-state index contributed by atoms with van der Waals surface area (Å²) in [5.74, 6) is -5.59. The largest absolute Gasteiger partial charge is 0.490 e. The molecule has 0 unspecified atom stereocenters. The number of aromatic nitrogens is 2. The van der Waals surface area contributed by atoms with Gasteiger partial charge in [-0.3, -0.25) is 14.8 Å². The molecule has 1 saturated heterocycles. The molecule has 15 heteroatoms. The number of hydrogen-bond acceptors (Lipinski definition) is 6. The van der Waals surface area contributed by atoms with Crippen molar-refractivity contribution in [2.24, 2.45) is 0 Å². The molecule has 1 aliphatic rings. The maximum Gasteiger partial charge on any atom is 0.490 e. The van der Waals surface area contributed by atoms with E-state index in [0.29, 0.717) is 24.9 Å². The Kier molecular flexibility index (Phi) is 10.8. The molecule has 198 valence electrons. The lowest BCUT2D eigenvalue weighted by atomic mass is 10.0. The second-order valence-corrected chi connectivity index (χ2v) is 7.28. The van der Waals surface area contributed by atoms with Gasteiger partial charge in [0.2, 0.25) is 0 Å². The lowest BCUT2D eigenvalue weighted by Gasteiger charge is -2.26. The minimum absolute atomic E-state index is 0.0714. The fourth-order valence-electron chi connectivity index (χ4n) is 2.86. The van der Waals surface area contributed by atoms with Crippen LogP contribution in [0.3, 0.4) is 0 Å². The van der Waals surface area contributed by atoms with E-state index in [2.05, 4.69) is 9.97 Å². The van der Waals surface area contributed by atoms with Crippen LogP contribution >= 0.6 is 0 Å². The van der Waals surface area contributed by atoms with Crippen molar-refractivity contribution in [1.29, 1.82) is 0 Å². The van der Waals surface area contributed by atoms with Crippen molar-refractivity contribution in [3.05, 3.63) is 59.7 Å². The van der Waals surface area contributed by atoms with E-state index in [1.807, 2.05) is 25.1 Å². The maximum atomic E-state index is 12.7. The molecule has 0 bridgehead atoms. The summed E-state index contributed by atoms with van der Waals surface area (Å²) in [4.78, 5) is 40.5. The Bertz CT molecular complexity index is 992. The molecule has 0 aliphatic carbocycles. The van der Waals surface area contributed by atoms with Crippen LogP contribution in [0.4, 0.5) is 26.3 Å². The maximum absolute atomic E-state index is 12.7. The van der Waals surface area contributed by atoms with Gasteiger partial charge in [-0.1, -0.05) is 6.07 Å². The highest BCUT2D eigenvalue weighted by atomic mass is 19.4. The van der Waals surface area contributed by atoms with Crippen LogP contribution in [0.5, 0.6) is 0 Å². The molecule has 3 heterocycles. The number of aryl methyl sites for hydroxylation is 1. The van der Waals surface area contributed by atoms with E-state index in [0.717, 1.165) is 11.3 Å². The van der Waals surface area contributed by atoms with Crippen LogP contribution < -0.4 is 0 Å². The highest BCUT2D eigenvalue weighted by Gasteiger charge is 2.39. The number of aliphatic hydroxyl groups excluding tert-OH is 1. The number of aliphatic hydroxyl groups is 1. The van der Waals surface area contributed by atoms with Gasteiger partial charge in [0, 0.05) is 30.8 Å². The smallest absolute Gasteiger partial charge is 0.475 e. The van der Waals surface area contributed by atoms with Crippen molar-refractivity contribution in [2.75, 3.05) is 6.54 Å². The molecule has 2 atom stereocenters. The summed E-state index contributed by atoms with van der Waals surface area (Å²) in [6, 6.07) is 7.24. The Morgan fingerprint density at radius 2 is 1.56 bits per heavy atom. The second-order valence-electron chi connectivity index (χ2n) is 7.28. The van der Waals surface area contributed by atoms with Crippen LogP contribution in [0.2, 0.25) is 0 Å². The van der Waals surface area contributed by atoms with Crippen molar-refractivity contribution in [2.45, 2.75) is 44.3 Å². The van der Waals surface area contributed by atoms with Gasteiger partial charge in [0.25, 0.3) is 5.91 Å². The molecule has 1 fully saturated rings. The van der Waals surface area contributed by atoms with E-state index < -0.39 is 30.4 Å². The fraction of sp³-hybridized carbons (Fsp3) is 0.381. The first-order valence-electron chi connectivity index (χ1n) is 9.94. The summed E-state index contributed by atoms with van der Waals surface area (Å²) in [5, 5.41) is 24.5. The van der Waals surface area contributed by atoms with Gasteiger partial charge in [-0.15, -0.1) is 0 Å². The Morgan fingerprint density at radius 1 is 1.00 bits per heavy atom. The summed E-state index contributed by atoms with van der Waals surface area (Å²) in [6.07, 6.45) is -4.35. The molecular weight excluding hydrogens is 504 g/mol. The number of halogens is 6. The molecule has 2 aromatic heterocycles. The van der Waals surface area contributed by atoms with Gasteiger partial charge in [0.1, 0.15) is 0 Å². The highest BCUT2D eigenvalue weighted by molar-refractivity contribution is 5.94. The SMILES string of the molecule is Cc1ccc(C(=O)N2CC[C@H](O)[C@@H]2Cc2cccnc2)cn1.O=C(O)C(F)(F)F.O=C(O)C(F)(F)F. The van der Waals surface area contributed by atoms with Crippen LogP contribution in [0.15, 0.2) is 42.9 Å². The average Bonchev–Trinajstić information content (AvgIpc) is 3.14. The standard InChI is InChI=1S/C17H19N3O2.2C2HF3O2/c1-12-4-5-14(11-19-12)17(22)20-8-6-16(21)15(20)9-13-3-2-7-18-10-13;2*3-2(4,5)1(6)7/h2-5,7,10-11,15-16,21H,6,8-9H2,1H3;2*(H,6,7)/t15-,16-;;/m0../s1. The first kappa shape index (κ1) is 30.3. The van der Waals surface area contributed by atoms with E-state index in [9.17, 15) is 36.2 Å². The van der Waals surface area contributed by atoms with Crippen LogP contribution in [0.1, 0.15) is 28.0 Å². The summed E-state index contributed by atoms with van der Waals surface area (Å²) < 4.78 is 63.5. The van der Waals surface area contributed by atoms with E-state index >= 15 is 0 Å². The Morgan fingerprint density at radius 3 is 1.97 bits per heavy atom. The topological polar surface area (TPSA) is 141 Å². The van der Waals surface area contributed by atoms with Crippen molar-refractivity contribution >= 4 is 17.8 Å². The van der Waals surface area contributed by atoms with E-state index in [-0.39, 0.29) is 11.9 Å². The molecule has 2 aromatic rings. The third-order valence-electron chi connectivity index (χ3n) is 4.58. The Labute approximate surface area is 200 Å². The second kappa shape index (κ2) is 12.8. The zero-order valence-corrected chi connectivity index (χ0v) is 18.5. The quantitative estimate of drug-likeness (QED) is 0.520. The van der Waals surface area contributed by atoms with Gasteiger partial charge in [0.15, 0.2) is 0 Å². The summed E-state index contributed by atoms with van der Waals surface area (Å²) in [5.41, 5.74) is 2.47. The number of hydrogen-bond donors (Lipinski definition) is 3. The molecule has 3 N–H and O–H groups in total. The normalized spacial score (nSPS) is 17.3. The van der Waals surface area contributed by atoms with Gasteiger partial charge in [-0.2, -0.15) is 26.3 Å². The van der Waals surface area contributed by atoms with E-state index in [1.165, 1.54) is 0 Å². The van der Waals surface area contributed by atoms with Crippen molar-refractivity contribution < 1.29 is 56.0 Å². The molecule has 1 aliphatic heterocycles. The molecule has 9 nitrogen and oxygen atoms in total. The number of likely N-dealkylation sites (tertiary alicyclic amines) is 1. The van der Waals surface area contributed by atoms with Crippen molar-refractivity contribution in [1.82, 2.24) is 14.9 Å². The van der Waals surface area contributed by atoms with Crippen LogP contribution in [0.25, 0.3) is 0 Å². The number of alkyl halides is 6. The molecule has 0 radical (unpaired) electrons. The Hall–Kier alpha value is -3.75. The van der Waals surface area contributed by atoms with Gasteiger partial charge in [-0.05, 0) is 43.5 Å². The fourth-order valence-corrected chi connectivity index (χ4v) is 2.86. The first-order valence-corrected chi connectivity index (χ1v) is 9.94. The van der Waals surface area contributed by atoms with Gasteiger partial charge >= 0.3 is 24.3 Å². The zero-order chi connectivity index (χ0) is 27.7. The third kappa shape index (κ3) is 9.85. The lowest BCUT2D eigenvalue weighted by molar-refractivity contribution is -0.193. The number of aliphatic carboxylic acids is 2. The van der Waals surface area contributed by atoms with Gasteiger partial charge in [0.05, 0.1) is 17.7 Å².